The van der Waals surface area contributed by atoms with E-state index in [2.05, 4.69) is 41.9 Å². The van der Waals surface area contributed by atoms with E-state index < -0.39 is 24.7 Å². The van der Waals surface area contributed by atoms with Crippen molar-refractivity contribution in [2.45, 2.75) is 12.0 Å². The molecule has 0 aliphatic carbocycles. The molecule has 0 unspecified atom stereocenters. The fourth-order valence-corrected chi connectivity index (χ4v) is 2.75. The van der Waals surface area contributed by atoms with Gasteiger partial charge < -0.3 is 19.9 Å². The van der Waals surface area contributed by atoms with Crippen LogP contribution in [0.15, 0.2) is 15.0 Å². The molecule has 0 radical (unpaired) electrons. The topological polar surface area (TPSA) is 67.8 Å². The van der Waals surface area contributed by atoms with E-state index in [-0.39, 0.29) is 26.0 Å². The first-order chi connectivity index (χ1) is 9.27. The van der Waals surface area contributed by atoms with E-state index >= 15 is 0 Å². The molecule has 5 nitrogen and oxygen atoms in total. The van der Waals surface area contributed by atoms with Crippen molar-refractivity contribution in [3.63, 3.8) is 0 Å². The Hall–Kier alpha value is -1.09. The van der Waals surface area contributed by atoms with Crippen LogP contribution in [0.25, 0.3) is 0 Å². The number of phenolic OH excluding ortho intramolecular Hbond substituents is 1. The first kappa shape index (κ1) is 15.3. The van der Waals surface area contributed by atoms with Crippen LogP contribution in [-0.2, 0) is 4.74 Å². The Morgan fingerprint density at radius 2 is 2.15 bits per heavy atom. The number of nitrogens with one attached hydrogen (secondary N) is 1. The number of rotatable bonds is 2. The number of benzene rings is 1. The maximum Gasteiger partial charge on any atom is 0.408 e. The number of carbonyl (C=O) groups excluding carboxylic acids is 1. The number of methoxy groups -OCH3 is 1. The highest BCUT2D eigenvalue weighted by Crippen LogP contribution is 2.46. The van der Waals surface area contributed by atoms with Crippen LogP contribution in [0.3, 0.4) is 0 Å². The molecule has 1 fully saturated rings. The number of amides is 1. The fourth-order valence-electron chi connectivity index (χ4n) is 1.79. The van der Waals surface area contributed by atoms with Gasteiger partial charge in [0.05, 0.1) is 11.6 Å². The molecular weight excluding hydrogens is 408 g/mol. The summed E-state index contributed by atoms with van der Waals surface area (Å²) < 4.78 is 37.4. The Bertz CT molecular complexity index is 568. The molecule has 1 saturated heterocycles. The highest BCUT2D eigenvalue weighted by atomic mass is 79.9. The summed E-state index contributed by atoms with van der Waals surface area (Å²) in [5.41, 5.74) is 0.0631. The van der Waals surface area contributed by atoms with Gasteiger partial charge in [0.15, 0.2) is 18.1 Å². The molecular formula is C11H9Br2F2NO4. The summed E-state index contributed by atoms with van der Waals surface area (Å²) in [7, 11) is 1.29. The Balaban J connectivity index is 2.56. The molecule has 0 saturated carbocycles. The largest absolute Gasteiger partial charge is 0.503 e. The summed E-state index contributed by atoms with van der Waals surface area (Å²) in [5, 5.41) is 11.8. The molecule has 20 heavy (non-hydrogen) atoms. The number of cyclic esters (lactones) is 1. The molecule has 1 heterocycles. The number of aromatic hydroxyl groups is 1. The van der Waals surface area contributed by atoms with Crippen LogP contribution in [0.5, 0.6) is 11.5 Å². The summed E-state index contributed by atoms with van der Waals surface area (Å²) in [5.74, 6) is -3.52. The van der Waals surface area contributed by atoms with E-state index in [1.165, 1.54) is 13.2 Å². The summed E-state index contributed by atoms with van der Waals surface area (Å²) in [6, 6.07) is -0.363. The van der Waals surface area contributed by atoms with E-state index in [0.29, 0.717) is 0 Å². The lowest BCUT2D eigenvalue weighted by Crippen LogP contribution is -2.49. The van der Waals surface area contributed by atoms with Crippen molar-refractivity contribution in [1.82, 2.24) is 5.32 Å². The van der Waals surface area contributed by atoms with Crippen LogP contribution in [0.2, 0.25) is 0 Å². The van der Waals surface area contributed by atoms with Crippen LogP contribution in [0.1, 0.15) is 11.6 Å². The molecule has 9 heteroatoms. The van der Waals surface area contributed by atoms with Crippen LogP contribution in [0.4, 0.5) is 13.6 Å². The average molecular weight is 417 g/mol. The normalized spacial score (nSPS) is 21.1. The number of alkyl carbamates (subject to hydrolysis) is 1. The molecule has 1 aromatic carbocycles. The number of phenols is 1. The zero-order valence-electron chi connectivity index (χ0n) is 10.0. The molecule has 1 amide bonds. The van der Waals surface area contributed by atoms with Gasteiger partial charge in [-0.15, -0.1) is 0 Å². The van der Waals surface area contributed by atoms with Crippen molar-refractivity contribution in [3.8, 4) is 11.5 Å². The van der Waals surface area contributed by atoms with E-state index in [1.54, 1.807) is 0 Å². The van der Waals surface area contributed by atoms with Gasteiger partial charge >= 0.3 is 12.0 Å². The van der Waals surface area contributed by atoms with Gasteiger partial charge in [-0.1, -0.05) is 0 Å². The third kappa shape index (κ3) is 2.56. The number of carbonyl (C=O) groups is 1. The Labute approximate surface area is 129 Å². The molecule has 1 aromatic rings. The number of hydrogen-bond acceptors (Lipinski definition) is 4. The Morgan fingerprint density at radius 3 is 2.75 bits per heavy atom. The zero-order chi connectivity index (χ0) is 15.1. The Morgan fingerprint density at radius 1 is 1.50 bits per heavy atom. The molecule has 0 bridgehead atoms. The van der Waals surface area contributed by atoms with Crippen molar-refractivity contribution in [3.05, 3.63) is 20.6 Å². The second-order valence-corrected chi connectivity index (χ2v) is 5.65. The second kappa shape index (κ2) is 5.36. The lowest BCUT2D eigenvalue weighted by Gasteiger charge is -2.32. The molecule has 0 aromatic heterocycles. The van der Waals surface area contributed by atoms with Gasteiger partial charge in [0, 0.05) is 4.47 Å². The average Bonchev–Trinajstić information content (AvgIpc) is 2.40. The van der Waals surface area contributed by atoms with E-state index in [4.69, 9.17) is 4.74 Å². The Kier molecular flexibility index (Phi) is 4.10. The first-order valence-electron chi connectivity index (χ1n) is 5.34. The third-order valence-corrected chi connectivity index (χ3v) is 4.94. The van der Waals surface area contributed by atoms with Gasteiger partial charge in [-0.25, -0.2) is 13.6 Å². The summed E-state index contributed by atoms with van der Waals surface area (Å²) in [6.07, 6.45) is -0.934. The SMILES string of the molecule is COc1cc([C@@H]2NC(=O)OCC2(F)F)c(Br)c(Br)c1O. The molecule has 2 rings (SSSR count). The van der Waals surface area contributed by atoms with Crippen LogP contribution in [-0.4, -0.2) is 30.8 Å². The third-order valence-electron chi connectivity index (χ3n) is 2.79. The van der Waals surface area contributed by atoms with Gasteiger partial charge in [0.2, 0.25) is 0 Å². The molecule has 110 valence electrons. The summed E-state index contributed by atoms with van der Waals surface area (Å²) >= 11 is 6.19. The maximum absolute atomic E-state index is 13.9. The van der Waals surface area contributed by atoms with Gasteiger partial charge in [0.1, 0.15) is 6.04 Å². The fraction of sp³-hybridized carbons (Fsp3) is 0.364. The zero-order valence-corrected chi connectivity index (χ0v) is 13.2. The maximum atomic E-state index is 13.9. The minimum Gasteiger partial charge on any atom is -0.503 e. The predicted molar refractivity (Wildman–Crippen MR) is 72.2 cm³/mol. The van der Waals surface area contributed by atoms with Crippen LogP contribution < -0.4 is 10.1 Å². The molecule has 1 atom stereocenters. The number of halogens is 4. The monoisotopic (exact) mass is 415 g/mol. The highest BCUT2D eigenvalue weighted by molar-refractivity contribution is 9.13. The molecule has 0 spiro atoms. The summed E-state index contributed by atoms with van der Waals surface area (Å²) in [6.45, 7) is -1.02. The lowest BCUT2D eigenvalue weighted by atomic mass is 9.99. The van der Waals surface area contributed by atoms with Crippen molar-refractivity contribution in [2.24, 2.45) is 0 Å². The smallest absolute Gasteiger partial charge is 0.408 e. The van der Waals surface area contributed by atoms with Crippen molar-refractivity contribution in [2.75, 3.05) is 13.7 Å². The van der Waals surface area contributed by atoms with Gasteiger partial charge in [-0.3, -0.25) is 0 Å². The molecule has 2 N–H and O–H groups in total. The highest BCUT2D eigenvalue weighted by Gasteiger charge is 2.48. The van der Waals surface area contributed by atoms with Crippen molar-refractivity contribution < 1.29 is 28.2 Å². The van der Waals surface area contributed by atoms with E-state index in [0.717, 1.165) is 0 Å². The lowest BCUT2D eigenvalue weighted by molar-refractivity contribution is -0.104. The van der Waals surface area contributed by atoms with Gasteiger partial charge in [-0.05, 0) is 43.5 Å². The van der Waals surface area contributed by atoms with E-state index in [9.17, 15) is 18.7 Å². The first-order valence-corrected chi connectivity index (χ1v) is 6.92. The van der Waals surface area contributed by atoms with Gasteiger partial charge in [-0.2, -0.15) is 0 Å². The van der Waals surface area contributed by atoms with Crippen LogP contribution >= 0.6 is 31.9 Å². The van der Waals surface area contributed by atoms with Crippen molar-refractivity contribution >= 4 is 38.0 Å². The molecule has 1 aliphatic heterocycles. The standard InChI is InChI=1S/C11H9Br2F2NO4/c1-19-5-2-4(6(12)7(13)8(5)17)9-11(14,15)3-20-10(18)16-9/h2,9,17H,3H2,1H3,(H,16,18)/t9-/m0/s1. The second-order valence-electron chi connectivity index (χ2n) is 4.06. The minimum atomic E-state index is -3.29. The van der Waals surface area contributed by atoms with Crippen LogP contribution in [0, 0.1) is 0 Å². The summed E-state index contributed by atoms with van der Waals surface area (Å²) in [4.78, 5) is 11.2. The molecule has 1 aliphatic rings. The number of alkyl halides is 2. The number of hydrogen-bond donors (Lipinski definition) is 2. The predicted octanol–water partition coefficient (Wildman–Crippen LogP) is 3.34. The van der Waals surface area contributed by atoms with Crippen molar-refractivity contribution in [1.29, 1.82) is 0 Å². The quantitative estimate of drug-likeness (QED) is 0.775. The van der Waals surface area contributed by atoms with E-state index in [1.807, 2.05) is 0 Å². The minimum absolute atomic E-state index is 0.00613. The number of ether oxygens (including phenoxy) is 2. The van der Waals surface area contributed by atoms with Gasteiger partial charge in [0.25, 0.3) is 0 Å².